The minimum atomic E-state index is -0.813. The van der Waals surface area contributed by atoms with Gasteiger partial charge in [-0.1, -0.05) is 35.5 Å². The SMILES string of the molecule is CN(CCc1ccccc1)C(=O)c1cc(COc2ccc(F)cc2F)on1. The molecule has 0 saturated carbocycles. The van der Waals surface area contributed by atoms with Crippen molar-refractivity contribution in [3.05, 3.63) is 83.2 Å². The number of rotatable bonds is 7. The molecule has 0 N–H and O–H groups in total. The fraction of sp³-hybridized carbons (Fsp3) is 0.200. The van der Waals surface area contributed by atoms with E-state index in [9.17, 15) is 13.6 Å². The van der Waals surface area contributed by atoms with Crippen molar-refractivity contribution in [2.75, 3.05) is 13.6 Å². The molecule has 0 fully saturated rings. The van der Waals surface area contributed by atoms with Gasteiger partial charge in [0.05, 0.1) is 0 Å². The predicted molar refractivity (Wildman–Crippen MR) is 94.3 cm³/mol. The van der Waals surface area contributed by atoms with Gasteiger partial charge in [0.15, 0.2) is 23.0 Å². The van der Waals surface area contributed by atoms with Crippen molar-refractivity contribution in [3.8, 4) is 5.75 Å². The third kappa shape index (κ3) is 4.91. The Kier molecular flexibility index (Phi) is 5.80. The van der Waals surface area contributed by atoms with Crippen LogP contribution in [0.25, 0.3) is 0 Å². The summed E-state index contributed by atoms with van der Waals surface area (Å²) in [6, 6.07) is 14.3. The summed E-state index contributed by atoms with van der Waals surface area (Å²) in [6.07, 6.45) is 0.723. The number of carbonyl (C=O) groups excluding carboxylic acids is 1. The number of aromatic nitrogens is 1. The van der Waals surface area contributed by atoms with Crippen LogP contribution in [0.1, 0.15) is 21.8 Å². The highest BCUT2D eigenvalue weighted by Gasteiger charge is 2.17. The summed E-state index contributed by atoms with van der Waals surface area (Å²) in [6.45, 7) is 0.402. The summed E-state index contributed by atoms with van der Waals surface area (Å²) in [5, 5.41) is 3.74. The number of amides is 1. The molecule has 0 atom stereocenters. The molecule has 0 saturated heterocycles. The average molecular weight is 372 g/mol. The van der Waals surface area contributed by atoms with Crippen LogP contribution in [-0.4, -0.2) is 29.6 Å². The van der Waals surface area contributed by atoms with Crippen molar-refractivity contribution in [3.63, 3.8) is 0 Å². The highest BCUT2D eigenvalue weighted by atomic mass is 19.1. The monoisotopic (exact) mass is 372 g/mol. The highest BCUT2D eigenvalue weighted by molar-refractivity contribution is 5.92. The lowest BCUT2D eigenvalue weighted by Crippen LogP contribution is -2.29. The van der Waals surface area contributed by atoms with Crippen LogP contribution in [0.4, 0.5) is 8.78 Å². The van der Waals surface area contributed by atoms with Crippen LogP contribution in [0.5, 0.6) is 5.75 Å². The number of hydrogen-bond acceptors (Lipinski definition) is 4. The Morgan fingerprint density at radius 3 is 2.67 bits per heavy atom. The Labute approximate surface area is 155 Å². The van der Waals surface area contributed by atoms with E-state index in [1.165, 1.54) is 12.1 Å². The second kappa shape index (κ2) is 8.44. The van der Waals surface area contributed by atoms with Gasteiger partial charge in [0.25, 0.3) is 5.91 Å². The minimum Gasteiger partial charge on any atom is -0.482 e. The molecular weight excluding hydrogens is 354 g/mol. The maximum absolute atomic E-state index is 13.5. The summed E-state index contributed by atoms with van der Waals surface area (Å²) in [5.74, 6) is -1.63. The fourth-order valence-electron chi connectivity index (χ4n) is 2.46. The van der Waals surface area contributed by atoms with Gasteiger partial charge < -0.3 is 14.2 Å². The smallest absolute Gasteiger partial charge is 0.275 e. The van der Waals surface area contributed by atoms with Gasteiger partial charge >= 0.3 is 0 Å². The van der Waals surface area contributed by atoms with E-state index in [1.807, 2.05) is 30.3 Å². The van der Waals surface area contributed by atoms with E-state index < -0.39 is 11.6 Å². The van der Waals surface area contributed by atoms with E-state index in [0.717, 1.165) is 24.1 Å². The molecule has 140 valence electrons. The molecular formula is C20H18F2N2O3. The molecule has 27 heavy (non-hydrogen) atoms. The van der Waals surface area contributed by atoms with E-state index in [0.29, 0.717) is 6.54 Å². The third-order valence-electron chi connectivity index (χ3n) is 3.97. The molecule has 0 radical (unpaired) electrons. The molecule has 1 heterocycles. The van der Waals surface area contributed by atoms with Crippen molar-refractivity contribution in [2.24, 2.45) is 0 Å². The lowest BCUT2D eigenvalue weighted by atomic mass is 10.1. The topological polar surface area (TPSA) is 55.6 Å². The molecule has 0 aliphatic rings. The molecule has 3 rings (SSSR count). The van der Waals surface area contributed by atoms with Crippen LogP contribution in [-0.2, 0) is 13.0 Å². The van der Waals surface area contributed by atoms with Crippen LogP contribution in [0.3, 0.4) is 0 Å². The Morgan fingerprint density at radius 1 is 1.15 bits per heavy atom. The maximum Gasteiger partial charge on any atom is 0.275 e. The Hall–Kier alpha value is -3.22. The maximum atomic E-state index is 13.5. The lowest BCUT2D eigenvalue weighted by molar-refractivity contribution is 0.0786. The largest absolute Gasteiger partial charge is 0.482 e. The zero-order valence-corrected chi connectivity index (χ0v) is 14.7. The van der Waals surface area contributed by atoms with E-state index >= 15 is 0 Å². The summed E-state index contributed by atoms with van der Waals surface area (Å²) in [4.78, 5) is 14.0. The molecule has 3 aromatic rings. The summed E-state index contributed by atoms with van der Waals surface area (Å²) in [7, 11) is 1.68. The van der Waals surface area contributed by atoms with Crippen molar-refractivity contribution in [2.45, 2.75) is 13.0 Å². The second-order valence-corrected chi connectivity index (χ2v) is 6.00. The molecule has 5 nitrogen and oxygen atoms in total. The molecule has 0 unspecified atom stereocenters. The van der Waals surface area contributed by atoms with Gasteiger partial charge in [-0.2, -0.15) is 0 Å². The van der Waals surface area contributed by atoms with Crippen molar-refractivity contribution in [1.82, 2.24) is 10.1 Å². The number of nitrogens with zero attached hydrogens (tertiary/aromatic N) is 2. The van der Waals surface area contributed by atoms with Crippen LogP contribution in [0, 0.1) is 11.6 Å². The van der Waals surface area contributed by atoms with Crippen molar-refractivity contribution < 1.29 is 22.8 Å². The van der Waals surface area contributed by atoms with E-state index in [4.69, 9.17) is 9.26 Å². The minimum absolute atomic E-state index is 0.111. The molecule has 0 spiro atoms. The van der Waals surface area contributed by atoms with Gasteiger partial charge in [0.2, 0.25) is 0 Å². The molecule has 0 aliphatic carbocycles. The first-order valence-electron chi connectivity index (χ1n) is 8.36. The summed E-state index contributed by atoms with van der Waals surface area (Å²) < 4.78 is 36.7. The molecule has 7 heteroatoms. The van der Waals surface area contributed by atoms with Crippen molar-refractivity contribution in [1.29, 1.82) is 0 Å². The Balaban J connectivity index is 1.55. The first kappa shape index (κ1) is 18.6. The first-order chi connectivity index (χ1) is 13.0. The Morgan fingerprint density at radius 2 is 1.93 bits per heavy atom. The summed E-state index contributed by atoms with van der Waals surface area (Å²) in [5.41, 5.74) is 1.27. The first-order valence-corrected chi connectivity index (χ1v) is 8.36. The zero-order valence-electron chi connectivity index (χ0n) is 14.7. The molecule has 1 amide bonds. The Bertz CT molecular complexity index is 913. The van der Waals surface area contributed by atoms with Gasteiger partial charge in [-0.05, 0) is 24.1 Å². The van der Waals surface area contributed by atoms with Crippen molar-refractivity contribution >= 4 is 5.91 Å². The van der Waals surface area contributed by atoms with Gasteiger partial charge in [-0.3, -0.25) is 4.79 Å². The van der Waals surface area contributed by atoms with E-state index in [1.54, 1.807) is 11.9 Å². The molecule has 0 aliphatic heterocycles. The van der Waals surface area contributed by atoms with E-state index in [-0.39, 0.29) is 29.7 Å². The fourth-order valence-corrected chi connectivity index (χ4v) is 2.46. The number of likely N-dealkylation sites (N-methyl/N-ethyl adjacent to an activating group) is 1. The van der Waals surface area contributed by atoms with E-state index in [2.05, 4.69) is 5.16 Å². The molecule has 2 aromatic carbocycles. The standard InChI is InChI=1S/C20H18F2N2O3/c1-24(10-9-14-5-3-2-4-6-14)20(25)18-12-16(27-23-18)13-26-19-8-7-15(21)11-17(19)22/h2-8,11-12H,9-10,13H2,1H3. The number of halogens is 2. The number of carbonyl (C=O) groups is 1. The number of hydrogen-bond donors (Lipinski definition) is 0. The zero-order chi connectivity index (χ0) is 19.2. The predicted octanol–water partition coefficient (Wildman–Crippen LogP) is 3.85. The lowest BCUT2D eigenvalue weighted by Gasteiger charge is -2.15. The second-order valence-electron chi connectivity index (χ2n) is 6.00. The quantitative estimate of drug-likeness (QED) is 0.632. The summed E-state index contributed by atoms with van der Waals surface area (Å²) >= 11 is 0. The van der Waals surface area contributed by atoms with Gasteiger partial charge in [0, 0.05) is 25.7 Å². The highest BCUT2D eigenvalue weighted by Crippen LogP contribution is 2.19. The van der Waals surface area contributed by atoms with Gasteiger partial charge in [0.1, 0.15) is 12.4 Å². The third-order valence-corrected chi connectivity index (χ3v) is 3.97. The van der Waals surface area contributed by atoms with Gasteiger partial charge in [-0.25, -0.2) is 8.78 Å². The number of ether oxygens (including phenoxy) is 1. The van der Waals surface area contributed by atoms with Crippen LogP contribution >= 0.6 is 0 Å². The average Bonchev–Trinajstić information content (AvgIpc) is 3.14. The van der Waals surface area contributed by atoms with Crippen LogP contribution in [0.15, 0.2) is 59.1 Å². The number of benzene rings is 2. The van der Waals surface area contributed by atoms with Crippen LogP contribution < -0.4 is 4.74 Å². The van der Waals surface area contributed by atoms with Gasteiger partial charge in [-0.15, -0.1) is 0 Å². The normalized spacial score (nSPS) is 10.6. The molecule has 0 bridgehead atoms. The molecule has 1 aromatic heterocycles. The van der Waals surface area contributed by atoms with Crippen LogP contribution in [0.2, 0.25) is 0 Å².